The zero-order valence-corrected chi connectivity index (χ0v) is 11.0. The third-order valence-corrected chi connectivity index (χ3v) is 3.38. The van der Waals surface area contributed by atoms with Crippen molar-refractivity contribution < 1.29 is 15.0 Å². The molecule has 8 nitrogen and oxygen atoms in total. The molecule has 1 fully saturated rings. The van der Waals surface area contributed by atoms with Gasteiger partial charge in [-0.2, -0.15) is 0 Å². The molecular weight excluding hydrogens is 266 g/mol. The smallest absolute Gasteiger partial charge is 0.299 e. The number of β-amino-alcohol motifs (C(OH)–C–C–N with tert-alkyl or cyclic N) is 1. The summed E-state index contributed by atoms with van der Waals surface area (Å²) in [7, 11) is 0. The highest BCUT2D eigenvalue weighted by molar-refractivity contribution is 5.67. The Kier molecular flexibility index (Phi) is 3.58. The molecule has 0 spiro atoms. The van der Waals surface area contributed by atoms with Crippen LogP contribution in [0.2, 0.25) is 0 Å². The van der Waals surface area contributed by atoms with Crippen molar-refractivity contribution in [3.8, 4) is 0 Å². The lowest BCUT2D eigenvalue weighted by Gasteiger charge is -2.37. The lowest BCUT2D eigenvalue weighted by atomic mass is 9.94. The van der Waals surface area contributed by atoms with Gasteiger partial charge in [-0.25, -0.2) is 0 Å². The van der Waals surface area contributed by atoms with Crippen molar-refractivity contribution in [1.29, 1.82) is 0 Å². The molecule has 1 aromatic rings. The third-order valence-electron chi connectivity index (χ3n) is 3.38. The Balaban J connectivity index is 2.40. The van der Waals surface area contributed by atoms with Crippen LogP contribution in [0.3, 0.4) is 0 Å². The zero-order chi connectivity index (χ0) is 14.9. The fourth-order valence-corrected chi connectivity index (χ4v) is 2.46. The van der Waals surface area contributed by atoms with Crippen LogP contribution in [0.1, 0.15) is 19.8 Å². The van der Waals surface area contributed by atoms with E-state index in [2.05, 4.69) is 0 Å². The average Bonchev–Trinajstić information content (AvgIpc) is 2.36. The van der Waals surface area contributed by atoms with E-state index in [0.29, 0.717) is 25.1 Å². The summed E-state index contributed by atoms with van der Waals surface area (Å²) in [5.41, 5.74) is -1.23. The monoisotopic (exact) mass is 281 g/mol. The van der Waals surface area contributed by atoms with Crippen LogP contribution in [0.15, 0.2) is 18.2 Å². The fourth-order valence-electron chi connectivity index (χ4n) is 2.46. The molecule has 1 heterocycles. The van der Waals surface area contributed by atoms with Crippen molar-refractivity contribution in [3.63, 3.8) is 0 Å². The first-order valence-corrected chi connectivity index (χ1v) is 6.20. The van der Waals surface area contributed by atoms with Crippen molar-refractivity contribution in [2.24, 2.45) is 0 Å². The lowest BCUT2D eigenvalue weighted by molar-refractivity contribution is -0.393. The van der Waals surface area contributed by atoms with Gasteiger partial charge in [0, 0.05) is 19.2 Å². The van der Waals surface area contributed by atoms with Crippen LogP contribution in [0.5, 0.6) is 0 Å². The molecule has 1 aromatic carbocycles. The van der Waals surface area contributed by atoms with Crippen LogP contribution in [0.25, 0.3) is 0 Å². The molecule has 1 unspecified atom stereocenters. The van der Waals surface area contributed by atoms with Gasteiger partial charge in [-0.05, 0) is 25.8 Å². The molecule has 1 aliphatic rings. The zero-order valence-electron chi connectivity index (χ0n) is 11.0. The number of anilines is 1. The molecular formula is C12H15N3O5. The first kappa shape index (κ1) is 14.2. The summed E-state index contributed by atoms with van der Waals surface area (Å²) in [6, 6.07) is 3.57. The summed E-state index contributed by atoms with van der Waals surface area (Å²) >= 11 is 0. The number of rotatable bonds is 3. The number of non-ortho nitro benzene ring substituents is 1. The molecule has 1 saturated heterocycles. The Labute approximate surface area is 114 Å². The number of hydrogen-bond acceptors (Lipinski definition) is 6. The van der Waals surface area contributed by atoms with E-state index in [1.807, 2.05) is 0 Å². The topological polar surface area (TPSA) is 110 Å². The van der Waals surface area contributed by atoms with E-state index >= 15 is 0 Å². The maximum Gasteiger partial charge on any atom is 0.299 e. The molecule has 20 heavy (non-hydrogen) atoms. The summed E-state index contributed by atoms with van der Waals surface area (Å²) in [5.74, 6) is 0. The van der Waals surface area contributed by atoms with Crippen LogP contribution in [-0.4, -0.2) is 33.6 Å². The van der Waals surface area contributed by atoms with Crippen LogP contribution in [0.4, 0.5) is 17.1 Å². The highest BCUT2D eigenvalue weighted by atomic mass is 16.6. The number of nitrogens with zero attached hydrogens (tertiary/aromatic N) is 3. The largest absolute Gasteiger partial charge is 0.388 e. The second-order valence-electron chi connectivity index (χ2n) is 5.21. The Morgan fingerprint density at radius 3 is 2.55 bits per heavy atom. The fraction of sp³-hybridized carbons (Fsp3) is 0.500. The van der Waals surface area contributed by atoms with Crippen molar-refractivity contribution in [1.82, 2.24) is 0 Å². The van der Waals surface area contributed by atoms with Gasteiger partial charge in [-0.15, -0.1) is 0 Å². The quantitative estimate of drug-likeness (QED) is 0.668. The molecule has 8 heteroatoms. The van der Waals surface area contributed by atoms with E-state index in [9.17, 15) is 25.3 Å². The van der Waals surface area contributed by atoms with E-state index in [1.165, 1.54) is 12.1 Å². The normalized spacial score (nSPS) is 22.6. The van der Waals surface area contributed by atoms with E-state index in [4.69, 9.17) is 0 Å². The first-order chi connectivity index (χ1) is 9.30. The number of nitro groups is 2. The Morgan fingerprint density at radius 1 is 1.30 bits per heavy atom. The Bertz CT molecular complexity index is 558. The van der Waals surface area contributed by atoms with Gasteiger partial charge in [0.25, 0.3) is 11.4 Å². The van der Waals surface area contributed by atoms with Crippen LogP contribution < -0.4 is 4.90 Å². The maximum atomic E-state index is 11.1. The summed E-state index contributed by atoms with van der Waals surface area (Å²) in [4.78, 5) is 22.2. The Morgan fingerprint density at radius 2 is 2.00 bits per heavy atom. The third kappa shape index (κ3) is 2.85. The number of aliphatic hydroxyl groups is 1. The Hall–Kier alpha value is -2.22. The molecule has 0 amide bonds. The van der Waals surface area contributed by atoms with Gasteiger partial charge < -0.3 is 10.0 Å². The maximum absolute atomic E-state index is 11.1. The lowest BCUT2D eigenvalue weighted by Crippen LogP contribution is -2.46. The summed E-state index contributed by atoms with van der Waals surface area (Å²) in [6.45, 7) is 2.52. The molecule has 1 aliphatic heterocycles. The van der Waals surface area contributed by atoms with Crippen molar-refractivity contribution in [3.05, 3.63) is 38.4 Å². The molecule has 1 atom stereocenters. The molecule has 0 bridgehead atoms. The first-order valence-electron chi connectivity index (χ1n) is 6.20. The van der Waals surface area contributed by atoms with Gasteiger partial charge in [0.2, 0.25) is 0 Å². The van der Waals surface area contributed by atoms with Crippen LogP contribution in [0, 0.1) is 20.2 Å². The van der Waals surface area contributed by atoms with Gasteiger partial charge in [-0.3, -0.25) is 20.2 Å². The number of hydrogen-bond donors (Lipinski definition) is 1. The van der Waals surface area contributed by atoms with Crippen LogP contribution in [-0.2, 0) is 0 Å². The van der Waals surface area contributed by atoms with Gasteiger partial charge in [0.15, 0.2) is 0 Å². The standard InChI is InChI=1S/C12H15N3O5/c1-12(16)5-2-6-13(8-12)10-4-3-9(14(17)18)7-11(10)15(19)20/h3-4,7,16H,2,5-6,8H2,1H3. The SMILES string of the molecule is CC1(O)CCCN(c2ccc([N+](=O)[O-])cc2[N+](=O)[O-])C1. The van der Waals surface area contributed by atoms with Gasteiger partial charge >= 0.3 is 0 Å². The molecule has 0 saturated carbocycles. The van der Waals surface area contributed by atoms with E-state index in [1.54, 1.807) is 11.8 Å². The highest BCUT2D eigenvalue weighted by Crippen LogP contribution is 2.35. The van der Waals surface area contributed by atoms with Gasteiger partial charge in [0.1, 0.15) is 5.69 Å². The number of nitro benzene ring substituents is 2. The predicted octanol–water partition coefficient (Wildman–Crippen LogP) is 1.85. The molecule has 108 valence electrons. The number of piperidine rings is 1. The van der Waals surface area contributed by atoms with Crippen molar-refractivity contribution in [2.75, 3.05) is 18.0 Å². The molecule has 0 aliphatic carbocycles. The van der Waals surface area contributed by atoms with E-state index in [-0.39, 0.29) is 17.9 Å². The second-order valence-corrected chi connectivity index (χ2v) is 5.21. The van der Waals surface area contributed by atoms with E-state index in [0.717, 1.165) is 6.07 Å². The van der Waals surface area contributed by atoms with Gasteiger partial charge in [0.05, 0.1) is 21.5 Å². The molecule has 0 aromatic heterocycles. The van der Waals surface area contributed by atoms with Crippen molar-refractivity contribution >= 4 is 17.1 Å². The van der Waals surface area contributed by atoms with Crippen LogP contribution >= 0.6 is 0 Å². The minimum absolute atomic E-state index is 0.269. The molecule has 1 N–H and O–H groups in total. The summed E-state index contributed by atoms with van der Waals surface area (Å²) in [5, 5.41) is 31.8. The minimum Gasteiger partial charge on any atom is -0.388 e. The average molecular weight is 281 g/mol. The summed E-state index contributed by atoms with van der Waals surface area (Å²) < 4.78 is 0. The summed E-state index contributed by atoms with van der Waals surface area (Å²) in [6.07, 6.45) is 1.34. The predicted molar refractivity (Wildman–Crippen MR) is 71.8 cm³/mol. The number of benzene rings is 1. The molecule has 0 radical (unpaired) electrons. The highest BCUT2D eigenvalue weighted by Gasteiger charge is 2.32. The second kappa shape index (κ2) is 5.04. The molecule has 2 rings (SSSR count). The van der Waals surface area contributed by atoms with E-state index < -0.39 is 15.4 Å². The van der Waals surface area contributed by atoms with Gasteiger partial charge in [-0.1, -0.05) is 0 Å². The van der Waals surface area contributed by atoms with Crippen molar-refractivity contribution in [2.45, 2.75) is 25.4 Å². The minimum atomic E-state index is -0.909.